The van der Waals surface area contributed by atoms with E-state index < -0.39 is 21.2 Å². The number of hydrogen-bond donors (Lipinski definition) is 1. The Morgan fingerprint density at radius 2 is 2.10 bits per heavy atom. The normalized spacial score (nSPS) is 26.2. The third-order valence-corrected chi connectivity index (χ3v) is 5.15. The van der Waals surface area contributed by atoms with Gasteiger partial charge in [0.1, 0.15) is 15.7 Å². The minimum atomic E-state index is -3.19. The molecule has 2 rings (SSSR count). The first kappa shape index (κ1) is 15.9. The van der Waals surface area contributed by atoms with Crippen LogP contribution in [0.1, 0.15) is 25.8 Å². The van der Waals surface area contributed by atoms with Gasteiger partial charge in [0, 0.05) is 23.6 Å². The van der Waals surface area contributed by atoms with Crippen molar-refractivity contribution >= 4 is 15.7 Å². The van der Waals surface area contributed by atoms with Gasteiger partial charge in [0.25, 0.3) is 0 Å². The van der Waals surface area contributed by atoms with E-state index in [9.17, 15) is 17.6 Å². The first-order valence-electron chi connectivity index (χ1n) is 6.86. The maximum atomic E-state index is 13.8. The zero-order valence-electron chi connectivity index (χ0n) is 12.4. The van der Waals surface area contributed by atoms with E-state index in [4.69, 9.17) is 0 Å². The fourth-order valence-electron chi connectivity index (χ4n) is 2.64. The Balaban J connectivity index is 2.01. The molecule has 1 fully saturated rings. The van der Waals surface area contributed by atoms with Crippen LogP contribution >= 0.6 is 0 Å². The molecular formula is C15H20FNO3S. The van der Waals surface area contributed by atoms with Crippen LogP contribution in [0.4, 0.5) is 4.39 Å². The molecule has 1 aliphatic rings. The number of benzene rings is 1. The van der Waals surface area contributed by atoms with Crippen molar-refractivity contribution in [1.82, 2.24) is 5.32 Å². The van der Waals surface area contributed by atoms with Crippen molar-refractivity contribution in [3.05, 3.63) is 35.6 Å². The van der Waals surface area contributed by atoms with Gasteiger partial charge in [-0.25, -0.2) is 12.8 Å². The largest absolute Gasteiger partial charge is 0.352 e. The van der Waals surface area contributed by atoms with Crippen LogP contribution in [0, 0.1) is 11.7 Å². The molecule has 0 spiro atoms. The molecule has 1 aromatic carbocycles. The number of carbonyl (C=O) groups excluding carboxylic acids is 1. The van der Waals surface area contributed by atoms with Crippen LogP contribution in [0.25, 0.3) is 0 Å². The summed E-state index contributed by atoms with van der Waals surface area (Å²) in [6, 6.07) is 6.38. The van der Waals surface area contributed by atoms with Gasteiger partial charge < -0.3 is 5.32 Å². The summed E-state index contributed by atoms with van der Waals surface area (Å²) >= 11 is 0. The van der Waals surface area contributed by atoms with Gasteiger partial charge >= 0.3 is 0 Å². The van der Waals surface area contributed by atoms with E-state index >= 15 is 0 Å². The quantitative estimate of drug-likeness (QED) is 0.899. The summed E-state index contributed by atoms with van der Waals surface area (Å²) in [5.41, 5.74) is 0.178. The maximum Gasteiger partial charge on any atom is 0.224 e. The molecule has 0 unspecified atom stereocenters. The highest BCUT2D eigenvalue weighted by molar-refractivity contribution is 7.90. The van der Waals surface area contributed by atoms with E-state index in [0.29, 0.717) is 12.0 Å². The molecular weight excluding hydrogens is 293 g/mol. The second kappa shape index (κ2) is 5.40. The Bertz CT molecular complexity index is 659. The van der Waals surface area contributed by atoms with Crippen LogP contribution in [-0.4, -0.2) is 32.4 Å². The van der Waals surface area contributed by atoms with Gasteiger partial charge in [-0.05, 0) is 18.1 Å². The standard InChI is InChI=1S/C15H20FNO3S/c1-10(9-21(3,19)20)14(18)17-13-8-15(13,2)11-6-4-5-7-12(11)16/h4-7,10,13H,8-9H2,1-3H3,(H,17,18)/t10-,13-,15-/m1/s1. The second-order valence-electron chi connectivity index (χ2n) is 6.16. The van der Waals surface area contributed by atoms with Gasteiger partial charge in [-0.3, -0.25) is 4.79 Å². The molecule has 3 atom stereocenters. The first-order chi connectivity index (χ1) is 9.63. The summed E-state index contributed by atoms with van der Waals surface area (Å²) in [6.45, 7) is 3.48. The van der Waals surface area contributed by atoms with E-state index in [-0.39, 0.29) is 23.5 Å². The Morgan fingerprint density at radius 1 is 1.48 bits per heavy atom. The van der Waals surface area contributed by atoms with Crippen molar-refractivity contribution in [3.8, 4) is 0 Å². The lowest BCUT2D eigenvalue weighted by molar-refractivity contribution is -0.124. The van der Waals surface area contributed by atoms with E-state index in [2.05, 4.69) is 5.32 Å². The second-order valence-corrected chi connectivity index (χ2v) is 8.34. The lowest BCUT2D eigenvalue weighted by Gasteiger charge is -2.15. The number of amides is 1. The first-order valence-corrected chi connectivity index (χ1v) is 8.92. The highest BCUT2D eigenvalue weighted by atomic mass is 32.2. The van der Waals surface area contributed by atoms with Crippen LogP contribution in [0.2, 0.25) is 0 Å². The smallest absolute Gasteiger partial charge is 0.224 e. The monoisotopic (exact) mass is 313 g/mol. The Labute approximate surface area is 124 Å². The number of rotatable bonds is 5. The van der Waals surface area contributed by atoms with E-state index in [1.807, 2.05) is 6.92 Å². The van der Waals surface area contributed by atoms with Gasteiger partial charge in [0.15, 0.2) is 0 Å². The Kier molecular flexibility index (Phi) is 4.10. The van der Waals surface area contributed by atoms with E-state index in [1.54, 1.807) is 25.1 Å². The zero-order chi connectivity index (χ0) is 15.8. The number of hydrogen-bond acceptors (Lipinski definition) is 3. The molecule has 1 N–H and O–H groups in total. The SMILES string of the molecule is C[C@H](CS(C)(=O)=O)C(=O)N[C@@H]1C[C@]1(C)c1ccccc1F. The predicted octanol–water partition coefficient (Wildman–Crippen LogP) is 1.65. The maximum absolute atomic E-state index is 13.8. The van der Waals surface area contributed by atoms with Crippen LogP contribution in [0.5, 0.6) is 0 Å². The van der Waals surface area contributed by atoms with E-state index in [0.717, 1.165) is 6.26 Å². The van der Waals surface area contributed by atoms with Crippen molar-refractivity contribution in [2.45, 2.75) is 31.7 Å². The average Bonchev–Trinajstić information content (AvgIpc) is 2.99. The van der Waals surface area contributed by atoms with Gasteiger partial charge in [-0.1, -0.05) is 32.0 Å². The van der Waals surface area contributed by atoms with Crippen molar-refractivity contribution in [1.29, 1.82) is 0 Å². The van der Waals surface area contributed by atoms with Crippen LogP contribution < -0.4 is 5.32 Å². The summed E-state index contributed by atoms with van der Waals surface area (Å²) in [5.74, 6) is -1.36. The summed E-state index contributed by atoms with van der Waals surface area (Å²) in [7, 11) is -3.19. The van der Waals surface area contributed by atoms with Crippen molar-refractivity contribution in [3.63, 3.8) is 0 Å². The van der Waals surface area contributed by atoms with Crippen LogP contribution in [0.15, 0.2) is 24.3 Å². The molecule has 1 amide bonds. The highest BCUT2D eigenvalue weighted by Gasteiger charge is 2.53. The molecule has 0 aromatic heterocycles. The third kappa shape index (κ3) is 3.61. The Morgan fingerprint density at radius 3 is 2.67 bits per heavy atom. The van der Waals surface area contributed by atoms with Gasteiger partial charge in [0.05, 0.1) is 5.75 Å². The van der Waals surface area contributed by atoms with Crippen molar-refractivity contribution < 1.29 is 17.6 Å². The van der Waals surface area contributed by atoms with Crippen LogP contribution in [0.3, 0.4) is 0 Å². The summed E-state index contributed by atoms with van der Waals surface area (Å²) < 4.78 is 36.2. The summed E-state index contributed by atoms with van der Waals surface area (Å²) in [6.07, 6.45) is 1.77. The number of sulfone groups is 1. The molecule has 1 saturated carbocycles. The molecule has 0 heterocycles. The number of carbonyl (C=O) groups is 1. The average molecular weight is 313 g/mol. The highest BCUT2D eigenvalue weighted by Crippen LogP contribution is 2.48. The molecule has 1 aromatic rings. The minimum Gasteiger partial charge on any atom is -0.352 e. The molecule has 0 bridgehead atoms. The van der Waals surface area contributed by atoms with Gasteiger partial charge in [-0.15, -0.1) is 0 Å². The van der Waals surface area contributed by atoms with Crippen molar-refractivity contribution in [2.24, 2.45) is 5.92 Å². The zero-order valence-corrected chi connectivity index (χ0v) is 13.2. The van der Waals surface area contributed by atoms with Crippen LogP contribution in [-0.2, 0) is 20.0 Å². The fraction of sp³-hybridized carbons (Fsp3) is 0.533. The van der Waals surface area contributed by atoms with E-state index in [1.165, 1.54) is 6.07 Å². The number of halogens is 1. The molecule has 0 saturated heterocycles. The molecule has 0 radical (unpaired) electrons. The summed E-state index contributed by atoms with van der Waals surface area (Å²) in [5, 5.41) is 2.82. The fourth-order valence-corrected chi connectivity index (χ4v) is 3.70. The minimum absolute atomic E-state index is 0.149. The van der Waals surface area contributed by atoms with Gasteiger partial charge in [0.2, 0.25) is 5.91 Å². The molecule has 1 aliphatic carbocycles. The Hall–Kier alpha value is -1.43. The van der Waals surface area contributed by atoms with Crippen molar-refractivity contribution in [2.75, 3.05) is 12.0 Å². The predicted molar refractivity (Wildman–Crippen MR) is 79.2 cm³/mol. The summed E-state index contributed by atoms with van der Waals surface area (Å²) in [4.78, 5) is 12.0. The third-order valence-electron chi connectivity index (χ3n) is 4.04. The molecule has 116 valence electrons. The van der Waals surface area contributed by atoms with Gasteiger partial charge in [-0.2, -0.15) is 0 Å². The topological polar surface area (TPSA) is 63.2 Å². The number of nitrogens with one attached hydrogen (secondary N) is 1. The molecule has 6 heteroatoms. The molecule has 21 heavy (non-hydrogen) atoms. The lowest BCUT2D eigenvalue weighted by Crippen LogP contribution is -2.36. The molecule has 0 aliphatic heterocycles. The molecule has 4 nitrogen and oxygen atoms in total. The lowest BCUT2D eigenvalue weighted by atomic mass is 9.97.